The smallest absolute Gasteiger partial charge is 0.293 e. The molecule has 2 amide bonds. The summed E-state index contributed by atoms with van der Waals surface area (Å²) in [5.41, 5.74) is 5.57. The van der Waals surface area contributed by atoms with Crippen LogP contribution in [0.4, 0.5) is 11.4 Å². The van der Waals surface area contributed by atoms with Crippen LogP contribution in [0, 0.1) is 16.0 Å². The third-order valence-corrected chi connectivity index (χ3v) is 3.91. The van der Waals surface area contributed by atoms with Gasteiger partial charge in [-0.1, -0.05) is 0 Å². The van der Waals surface area contributed by atoms with Gasteiger partial charge in [0, 0.05) is 37.7 Å². The first-order chi connectivity index (χ1) is 10.4. The van der Waals surface area contributed by atoms with Gasteiger partial charge in [0.05, 0.1) is 4.92 Å². The second-order valence-corrected chi connectivity index (χ2v) is 5.20. The molecule has 2 rings (SSSR count). The minimum atomic E-state index is -0.701. The van der Waals surface area contributed by atoms with Crippen LogP contribution in [0.2, 0.25) is 0 Å². The quantitative estimate of drug-likeness (QED) is 0.625. The highest BCUT2D eigenvalue weighted by atomic mass is 16.6. The molecule has 0 aliphatic carbocycles. The van der Waals surface area contributed by atoms with E-state index in [1.54, 1.807) is 13.1 Å². The second kappa shape index (κ2) is 6.42. The number of primary amides is 1. The fourth-order valence-electron chi connectivity index (χ4n) is 2.68. The lowest BCUT2D eigenvalue weighted by molar-refractivity contribution is -0.384. The Kier molecular flexibility index (Phi) is 4.59. The first-order valence-electron chi connectivity index (χ1n) is 6.98. The van der Waals surface area contributed by atoms with Crippen LogP contribution in [0.15, 0.2) is 18.2 Å². The molecular formula is C14H18N4O4. The summed E-state index contributed by atoms with van der Waals surface area (Å²) >= 11 is 0. The summed E-state index contributed by atoms with van der Waals surface area (Å²) < 4.78 is 0. The molecule has 0 unspecified atom stereocenters. The Hall–Kier alpha value is -2.64. The molecule has 1 aromatic rings. The van der Waals surface area contributed by atoms with Crippen LogP contribution in [0.5, 0.6) is 0 Å². The predicted molar refractivity (Wildman–Crippen MR) is 80.6 cm³/mol. The number of hydrogen-bond donors (Lipinski definition) is 2. The fraction of sp³-hybridized carbons (Fsp3) is 0.429. The minimum absolute atomic E-state index is 0.00164. The summed E-state index contributed by atoms with van der Waals surface area (Å²) in [5, 5.41) is 13.8. The van der Waals surface area contributed by atoms with Gasteiger partial charge in [-0.15, -0.1) is 0 Å². The van der Waals surface area contributed by atoms with Crippen molar-refractivity contribution in [1.82, 2.24) is 5.32 Å². The Morgan fingerprint density at radius 1 is 1.36 bits per heavy atom. The Morgan fingerprint density at radius 2 is 2.00 bits per heavy atom. The van der Waals surface area contributed by atoms with Gasteiger partial charge in [-0.2, -0.15) is 0 Å². The predicted octanol–water partition coefficient (Wildman–Crippen LogP) is 0.656. The molecule has 3 N–H and O–H groups in total. The molecule has 1 heterocycles. The standard InChI is InChI=1S/C14H18N4O4/c1-16-14(20)9-4-6-17(7-5-9)11-3-2-10(13(15)19)8-12(11)18(21)22/h2-3,8-9H,4-7H2,1H3,(H2,15,19)(H,16,20). The average Bonchev–Trinajstić information content (AvgIpc) is 2.53. The van der Waals surface area contributed by atoms with Crippen LogP contribution in [0.3, 0.4) is 0 Å². The van der Waals surface area contributed by atoms with E-state index in [0.29, 0.717) is 31.6 Å². The van der Waals surface area contributed by atoms with Crippen molar-refractivity contribution in [3.05, 3.63) is 33.9 Å². The Labute approximate surface area is 127 Å². The van der Waals surface area contributed by atoms with Gasteiger partial charge in [-0.05, 0) is 25.0 Å². The van der Waals surface area contributed by atoms with Gasteiger partial charge in [-0.3, -0.25) is 19.7 Å². The number of anilines is 1. The lowest BCUT2D eigenvalue weighted by atomic mass is 9.95. The highest BCUT2D eigenvalue weighted by Crippen LogP contribution is 2.32. The van der Waals surface area contributed by atoms with Crippen molar-refractivity contribution in [3.63, 3.8) is 0 Å². The van der Waals surface area contributed by atoms with Gasteiger partial charge in [0.2, 0.25) is 11.8 Å². The topological polar surface area (TPSA) is 119 Å². The third-order valence-electron chi connectivity index (χ3n) is 3.91. The van der Waals surface area contributed by atoms with Crippen molar-refractivity contribution in [3.8, 4) is 0 Å². The number of hydrogen-bond acceptors (Lipinski definition) is 5. The molecule has 0 bridgehead atoms. The number of nitro benzene ring substituents is 1. The first kappa shape index (κ1) is 15.7. The van der Waals surface area contributed by atoms with E-state index in [0.717, 1.165) is 0 Å². The summed E-state index contributed by atoms with van der Waals surface area (Å²) in [7, 11) is 1.60. The van der Waals surface area contributed by atoms with Crippen molar-refractivity contribution in [2.45, 2.75) is 12.8 Å². The summed E-state index contributed by atoms with van der Waals surface area (Å²) in [6.07, 6.45) is 1.27. The third kappa shape index (κ3) is 3.16. The molecule has 0 aromatic heterocycles. The van der Waals surface area contributed by atoms with Gasteiger partial charge in [0.25, 0.3) is 5.69 Å². The van der Waals surface area contributed by atoms with E-state index >= 15 is 0 Å². The number of piperidine rings is 1. The monoisotopic (exact) mass is 306 g/mol. The van der Waals surface area contributed by atoms with Gasteiger partial charge in [0.15, 0.2) is 0 Å². The molecule has 0 saturated carbocycles. The number of nitrogens with one attached hydrogen (secondary N) is 1. The molecular weight excluding hydrogens is 288 g/mol. The second-order valence-electron chi connectivity index (χ2n) is 5.20. The maximum Gasteiger partial charge on any atom is 0.293 e. The van der Waals surface area contributed by atoms with E-state index in [1.807, 2.05) is 4.90 Å². The number of carbonyl (C=O) groups excluding carboxylic acids is 2. The highest BCUT2D eigenvalue weighted by molar-refractivity contribution is 5.94. The zero-order valence-electron chi connectivity index (χ0n) is 12.2. The zero-order valence-corrected chi connectivity index (χ0v) is 12.2. The fourth-order valence-corrected chi connectivity index (χ4v) is 2.68. The molecule has 0 spiro atoms. The number of nitrogens with zero attached hydrogens (tertiary/aromatic N) is 2. The Morgan fingerprint density at radius 3 is 2.50 bits per heavy atom. The lowest BCUT2D eigenvalue weighted by Gasteiger charge is -2.32. The number of benzene rings is 1. The SMILES string of the molecule is CNC(=O)C1CCN(c2ccc(C(N)=O)cc2[N+](=O)[O-])CC1. The maximum absolute atomic E-state index is 11.6. The zero-order chi connectivity index (χ0) is 16.3. The van der Waals surface area contributed by atoms with E-state index in [1.165, 1.54) is 12.1 Å². The number of carbonyl (C=O) groups is 2. The van der Waals surface area contributed by atoms with Crippen molar-refractivity contribution < 1.29 is 14.5 Å². The number of rotatable bonds is 4. The summed E-state index contributed by atoms with van der Waals surface area (Å²) in [6.45, 7) is 1.10. The maximum atomic E-state index is 11.6. The summed E-state index contributed by atoms with van der Waals surface area (Å²) in [6, 6.07) is 4.22. The number of nitrogens with two attached hydrogens (primary N) is 1. The van der Waals surface area contributed by atoms with Crippen molar-refractivity contribution in [2.75, 3.05) is 25.0 Å². The van der Waals surface area contributed by atoms with Gasteiger partial charge < -0.3 is 16.0 Å². The molecule has 0 radical (unpaired) electrons. The molecule has 1 saturated heterocycles. The number of nitro groups is 1. The van der Waals surface area contributed by atoms with Crippen LogP contribution in [0.25, 0.3) is 0 Å². The average molecular weight is 306 g/mol. The Bertz CT molecular complexity index is 609. The summed E-state index contributed by atoms with van der Waals surface area (Å²) in [4.78, 5) is 35.3. The molecule has 8 heteroatoms. The molecule has 8 nitrogen and oxygen atoms in total. The van der Waals surface area contributed by atoms with Crippen LogP contribution in [-0.4, -0.2) is 36.9 Å². The van der Waals surface area contributed by atoms with E-state index in [2.05, 4.69) is 5.32 Å². The minimum Gasteiger partial charge on any atom is -0.366 e. The van der Waals surface area contributed by atoms with Gasteiger partial charge >= 0.3 is 0 Å². The van der Waals surface area contributed by atoms with Crippen LogP contribution in [0.1, 0.15) is 23.2 Å². The van der Waals surface area contributed by atoms with Crippen LogP contribution in [-0.2, 0) is 4.79 Å². The van der Waals surface area contributed by atoms with Crippen molar-refractivity contribution >= 4 is 23.2 Å². The van der Waals surface area contributed by atoms with Crippen LogP contribution >= 0.6 is 0 Å². The van der Waals surface area contributed by atoms with Crippen LogP contribution < -0.4 is 16.0 Å². The molecule has 1 aliphatic rings. The normalized spacial score (nSPS) is 15.4. The number of amides is 2. The van der Waals surface area contributed by atoms with Gasteiger partial charge in [-0.25, -0.2) is 0 Å². The van der Waals surface area contributed by atoms with E-state index < -0.39 is 10.8 Å². The summed E-state index contributed by atoms with van der Waals surface area (Å²) in [5.74, 6) is -0.767. The molecule has 118 valence electrons. The molecule has 1 aromatic carbocycles. The molecule has 1 fully saturated rings. The molecule has 1 aliphatic heterocycles. The highest BCUT2D eigenvalue weighted by Gasteiger charge is 2.28. The van der Waals surface area contributed by atoms with E-state index in [-0.39, 0.29) is 23.1 Å². The van der Waals surface area contributed by atoms with Crippen molar-refractivity contribution in [2.24, 2.45) is 11.7 Å². The lowest BCUT2D eigenvalue weighted by Crippen LogP contribution is -2.39. The van der Waals surface area contributed by atoms with Gasteiger partial charge in [0.1, 0.15) is 5.69 Å². The molecule has 0 atom stereocenters. The largest absolute Gasteiger partial charge is 0.366 e. The van der Waals surface area contributed by atoms with Crippen molar-refractivity contribution in [1.29, 1.82) is 0 Å². The van der Waals surface area contributed by atoms with E-state index in [9.17, 15) is 19.7 Å². The van der Waals surface area contributed by atoms with E-state index in [4.69, 9.17) is 5.73 Å². The molecule has 22 heavy (non-hydrogen) atoms. The Balaban J connectivity index is 2.21. The first-order valence-corrected chi connectivity index (χ1v) is 6.98.